The van der Waals surface area contributed by atoms with Gasteiger partial charge in [0, 0.05) is 24.9 Å². The Balaban J connectivity index is 1.88. The fourth-order valence-electron chi connectivity index (χ4n) is 3.30. The minimum atomic E-state index is -0.561. The second-order valence-corrected chi connectivity index (χ2v) is 6.94. The van der Waals surface area contributed by atoms with Crippen molar-refractivity contribution in [3.05, 3.63) is 59.4 Å². The lowest BCUT2D eigenvalue weighted by atomic mass is 9.87. The molecule has 2 aromatic rings. The van der Waals surface area contributed by atoms with E-state index in [1.165, 1.54) is 12.1 Å². The second-order valence-electron chi connectivity index (χ2n) is 6.94. The number of fused-ring (bicyclic) bond motifs is 1. The first-order valence-corrected chi connectivity index (χ1v) is 8.93. The van der Waals surface area contributed by atoms with Gasteiger partial charge in [0.25, 0.3) is 0 Å². The van der Waals surface area contributed by atoms with Gasteiger partial charge in [-0.3, -0.25) is 0 Å². The minimum absolute atomic E-state index is 0.243. The predicted octanol–water partition coefficient (Wildman–Crippen LogP) is 4.70. The Morgan fingerprint density at radius 3 is 2.50 bits per heavy atom. The normalized spacial score (nSPS) is 21.0. The number of anilines is 1. The van der Waals surface area contributed by atoms with Crippen LogP contribution in [0, 0.1) is 5.82 Å². The summed E-state index contributed by atoms with van der Waals surface area (Å²) in [5, 5.41) is 3.15. The molecule has 2 unspecified atom stereocenters. The molecule has 4 nitrogen and oxygen atoms in total. The van der Waals surface area contributed by atoms with Crippen LogP contribution in [0.4, 0.5) is 10.1 Å². The van der Waals surface area contributed by atoms with Crippen LogP contribution in [0.25, 0.3) is 0 Å². The maximum Gasteiger partial charge on any atom is 0.132 e. The third-order valence-corrected chi connectivity index (χ3v) is 4.63. The highest BCUT2D eigenvalue weighted by Crippen LogP contribution is 2.44. The molecular weight excluding hydrogens is 333 g/mol. The first kappa shape index (κ1) is 18.7. The van der Waals surface area contributed by atoms with Gasteiger partial charge in [-0.25, -0.2) is 4.39 Å². The van der Waals surface area contributed by atoms with Crippen LogP contribution in [0.2, 0.25) is 0 Å². The zero-order valence-electron chi connectivity index (χ0n) is 15.7. The number of ether oxygens (including phenoxy) is 3. The highest BCUT2D eigenvalue weighted by Gasteiger charge is 2.45. The van der Waals surface area contributed by atoms with Crippen LogP contribution in [-0.4, -0.2) is 25.4 Å². The summed E-state index contributed by atoms with van der Waals surface area (Å²) in [5.41, 5.74) is 2.32. The Morgan fingerprint density at radius 2 is 1.85 bits per heavy atom. The molecule has 0 saturated heterocycles. The van der Waals surface area contributed by atoms with Crippen molar-refractivity contribution >= 4 is 5.69 Å². The number of hydrogen-bond acceptors (Lipinski definition) is 4. The first-order valence-electron chi connectivity index (χ1n) is 8.93. The molecule has 0 fully saturated rings. The second kappa shape index (κ2) is 7.64. The van der Waals surface area contributed by atoms with E-state index in [1.54, 1.807) is 12.1 Å². The van der Waals surface area contributed by atoms with E-state index in [1.807, 2.05) is 46.0 Å². The van der Waals surface area contributed by atoms with Gasteiger partial charge in [0.1, 0.15) is 29.4 Å². The summed E-state index contributed by atoms with van der Waals surface area (Å²) < 4.78 is 31.6. The predicted molar refractivity (Wildman–Crippen MR) is 100 cm³/mol. The van der Waals surface area contributed by atoms with Crippen molar-refractivity contribution < 1.29 is 18.6 Å². The number of nitrogens with one attached hydrogen (secondary N) is 1. The molecule has 0 saturated carbocycles. The van der Waals surface area contributed by atoms with E-state index >= 15 is 0 Å². The topological polar surface area (TPSA) is 39.7 Å². The van der Waals surface area contributed by atoms with Gasteiger partial charge >= 0.3 is 0 Å². The standard InChI is InChI=1S/C21H26FNO3/c1-5-24-19-17-12-16(23-4)10-11-18(17)26-21(2,3)20(19)25-13-14-6-8-15(22)9-7-14/h6-12,19-20,23H,5,13H2,1-4H3. The average Bonchev–Trinajstić information content (AvgIpc) is 2.62. The lowest BCUT2D eigenvalue weighted by molar-refractivity contribution is -0.165. The van der Waals surface area contributed by atoms with Crippen molar-refractivity contribution in [2.75, 3.05) is 19.0 Å². The molecule has 3 rings (SSSR count). The SMILES string of the molecule is CCOC1c2cc(NC)ccc2OC(C)(C)C1OCc1ccc(F)cc1. The number of benzene rings is 2. The maximum absolute atomic E-state index is 13.1. The molecule has 0 amide bonds. The summed E-state index contributed by atoms with van der Waals surface area (Å²) in [7, 11) is 1.88. The third-order valence-electron chi connectivity index (χ3n) is 4.63. The van der Waals surface area contributed by atoms with Crippen LogP contribution in [0.15, 0.2) is 42.5 Å². The molecule has 2 atom stereocenters. The molecule has 0 aliphatic carbocycles. The van der Waals surface area contributed by atoms with E-state index in [2.05, 4.69) is 5.32 Å². The van der Waals surface area contributed by atoms with Gasteiger partial charge in [-0.1, -0.05) is 12.1 Å². The van der Waals surface area contributed by atoms with Crippen molar-refractivity contribution in [3.63, 3.8) is 0 Å². The van der Waals surface area contributed by atoms with E-state index in [0.717, 1.165) is 22.6 Å². The van der Waals surface area contributed by atoms with Gasteiger partial charge in [0.15, 0.2) is 0 Å². The molecule has 1 aliphatic rings. The molecular formula is C21H26FNO3. The lowest BCUT2D eigenvalue weighted by Gasteiger charge is -2.44. The van der Waals surface area contributed by atoms with Crippen molar-refractivity contribution in [2.24, 2.45) is 0 Å². The van der Waals surface area contributed by atoms with Crippen LogP contribution in [0.5, 0.6) is 5.75 Å². The molecule has 1 aliphatic heterocycles. The molecule has 1 heterocycles. The van der Waals surface area contributed by atoms with Crippen LogP contribution in [-0.2, 0) is 16.1 Å². The summed E-state index contributed by atoms with van der Waals surface area (Å²) in [4.78, 5) is 0. The van der Waals surface area contributed by atoms with E-state index in [0.29, 0.717) is 13.2 Å². The van der Waals surface area contributed by atoms with Crippen LogP contribution < -0.4 is 10.1 Å². The minimum Gasteiger partial charge on any atom is -0.485 e. The van der Waals surface area contributed by atoms with Crippen molar-refractivity contribution in [1.29, 1.82) is 0 Å². The lowest BCUT2D eigenvalue weighted by Crippen LogP contribution is -2.51. The molecule has 0 spiro atoms. The van der Waals surface area contributed by atoms with Crippen LogP contribution in [0.3, 0.4) is 0 Å². The molecule has 1 N–H and O–H groups in total. The van der Waals surface area contributed by atoms with Crippen molar-refractivity contribution in [1.82, 2.24) is 0 Å². The number of rotatable bonds is 6. The van der Waals surface area contributed by atoms with E-state index < -0.39 is 5.60 Å². The Kier molecular flexibility index (Phi) is 5.49. The highest BCUT2D eigenvalue weighted by atomic mass is 19.1. The van der Waals surface area contributed by atoms with Gasteiger partial charge in [-0.15, -0.1) is 0 Å². The smallest absolute Gasteiger partial charge is 0.132 e. The zero-order valence-corrected chi connectivity index (χ0v) is 15.7. The van der Waals surface area contributed by atoms with Crippen LogP contribution in [0.1, 0.15) is 38.0 Å². The zero-order chi connectivity index (χ0) is 18.7. The number of halogens is 1. The molecule has 5 heteroatoms. The molecule has 26 heavy (non-hydrogen) atoms. The monoisotopic (exact) mass is 359 g/mol. The number of hydrogen-bond donors (Lipinski definition) is 1. The molecule has 0 aromatic heterocycles. The summed E-state index contributed by atoms with van der Waals surface area (Å²) >= 11 is 0. The van der Waals surface area contributed by atoms with E-state index in [-0.39, 0.29) is 18.0 Å². The van der Waals surface area contributed by atoms with Gasteiger partial charge < -0.3 is 19.5 Å². The van der Waals surface area contributed by atoms with Crippen LogP contribution >= 0.6 is 0 Å². The summed E-state index contributed by atoms with van der Waals surface area (Å²) in [6.07, 6.45) is -0.542. The summed E-state index contributed by atoms with van der Waals surface area (Å²) in [6.45, 7) is 6.91. The Morgan fingerprint density at radius 1 is 1.12 bits per heavy atom. The molecule has 2 aromatic carbocycles. The van der Waals surface area contributed by atoms with E-state index in [9.17, 15) is 4.39 Å². The van der Waals surface area contributed by atoms with Gasteiger partial charge in [0.05, 0.1) is 6.61 Å². The maximum atomic E-state index is 13.1. The van der Waals surface area contributed by atoms with Gasteiger partial charge in [0.2, 0.25) is 0 Å². The molecule has 0 bridgehead atoms. The average molecular weight is 359 g/mol. The quantitative estimate of drug-likeness (QED) is 0.811. The summed E-state index contributed by atoms with van der Waals surface area (Å²) in [5.74, 6) is 0.560. The van der Waals surface area contributed by atoms with Gasteiger partial charge in [-0.05, 0) is 56.7 Å². The third kappa shape index (κ3) is 3.84. The largest absolute Gasteiger partial charge is 0.485 e. The van der Waals surface area contributed by atoms with Crippen molar-refractivity contribution in [3.8, 4) is 5.75 Å². The Bertz CT molecular complexity index is 745. The Hall–Kier alpha value is -2.11. The van der Waals surface area contributed by atoms with Gasteiger partial charge in [-0.2, -0.15) is 0 Å². The van der Waals surface area contributed by atoms with Crippen molar-refractivity contribution in [2.45, 2.75) is 45.2 Å². The Labute approximate surface area is 154 Å². The highest BCUT2D eigenvalue weighted by molar-refractivity contribution is 5.53. The summed E-state index contributed by atoms with van der Waals surface area (Å²) in [6, 6.07) is 12.3. The molecule has 140 valence electrons. The fourth-order valence-corrected chi connectivity index (χ4v) is 3.30. The molecule has 0 radical (unpaired) electrons. The first-order chi connectivity index (χ1) is 12.4. The fraction of sp³-hybridized carbons (Fsp3) is 0.429. The van der Waals surface area contributed by atoms with E-state index in [4.69, 9.17) is 14.2 Å².